The molecule has 1 unspecified atom stereocenters. The Morgan fingerprint density at radius 1 is 1.00 bits per heavy atom. The van der Waals surface area contributed by atoms with Crippen LogP contribution in [0.2, 0.25) is 0 Å². The van der Waals surface area contributed by atoms with E-state index in [1.54, 1.807) is 21.3 Å². The summed E-state index contributed by atoms with van der Waals surface area (Å²) in [6, 6.07) is 11.2. The first-order chi connectivity index (χ1) is 14.0. The molecule has 29 heavy (non-hydrogen) atoms. The fraction of sp³-hybridized carbons (Fsp3) is 0.435. The van der Waals surface area contributed by atoms with Crippen LogP contribution in [0.4, 0.5) is 5.69 Å². The van der Waals surface area contributed by atoms with Crippen molar-refractivity contribution in [3.63, 3.8) is 0 Å². The SMILES string of the molecule is CCCN(CC)c1ccc(C(=O)NC(C)c2cc(OC)c(OC)c(OC)c2)cc1. The molecule has 6 nitrogen and oxygen atoms in total. The number of nitrogens with zero attached hydrogens (tertiary/aromatic N) is 1. The van der Waals surface area contributed by atoms with Gasteiger partial charge in [0.15, 0.2) is 11.5 Å². The van der Waals surface area contributed by atoms with Crippen molar-refractivity contribution in [2.75, 3.05) is 39.3 Å². The molecule has 0 spiro atoms. The number of carbonyl (C=O) groups is 1. The summed E-state index contributed by atoms with van der Waals surface area (Å²) in [5.74, 6) is 1.52. The molecule has 0 saturated carbocycles. The van der Waals surface area contributed by atoms with Gasteiger partial charge in [0, 0.05) is 24.3 Å². The van der Waals surface area contributed by atoms with Gasteiger partial charge >= 0.3 is 0 Å². The van der Waals surface area contributed by atoms with E-state index in [4.69, 9.17) is 14.2 Å². The molecule has 158 valence electrons. The molecule has 0 heterocycles. The van der Waals surface area contributed by atoms with Crippen LogP contribution in [0.15, 0.2) is 36.4 Å². The third kappa shape index (κ3) is 5.34. The molecule has 0 fully saturated rings. The minimum atomic E-state index is -0.233. The number of benzene rings is 2. The molecule has 6 heteroatoms. The molecule has 0 bridgehead atoms. The van der Waals surface area contributed by atoms with E-state index in [9.17, 15) is 4.79 Å². The minimum absolute atomic E-state index is 0.128. The number of methoxy groups -OCH3 is 3. The monoisotopic (exact) mass is 400 g/mol. The van der Waals surface area contributed by atoms with Crippen molar-refractivity contribution in [3.8, 4) is 17.2 Å². The van der Waals surface area contributed by atoms with E-state index in [0.29, 0.717) is 22.8 Å². The van der Waals surface area contributed by atoms with E-state index < -0.39 is 0 Å². The van der Waals surface area contributed by atoms with E-state index in [1.807, 2.05) is 43.3 Å². The zero-order chi connectivity index (χ0) is 21.4. The fourth-order valence-corrected chi connectivity index (χ4v) is 3.28. The van der Waals surface area contributed by atoms with Crippen LogP contribution >= 0.6 is 0 Å². The highest BCUT2D eigenvalue weighted by Crippen LogP contribution is 2.39. The normalized spacial score (nSPS) is 11.5. The lowest BCUT2D eigenvalue weighted by Gasteiger charge is -2.22. The van der Waals surface area contributed by atoms with Gasteiger partial charge in [-0.1, -0.05) is 6.92 Å². The van der Waals surface area contributed by atoms with Crippen molar-refractivity contribution in [1.82, 2.24) is 5.32 Å². The summed E-state index contributed by atoms with van der Waals surface area (Å²) in [6.45, 7) is 8.16. The third-order valence-electron chi connectivity index (χ3n) is 4.90. The number of hydrogen-bond donors (Lipinski definition) is 1. The van der Waals surface area contributed by atoms with Crippen molar-refractivity contribution >= 4 is 11.6 Å². The highest BCUT2D eigenvalue weighted by atomic mass is 16.5. The number of hydrogen-bond acceptors (Lipinski definition) is 5. The van der Waals surface area contributed by atoms with Gasteiger partial charge in [0.05, 0.1) is 27.4 Å². The summed E-state index contributed by atoms with van der Waals surface area (Å²) < 4.78 is 16.2. The Balaban J connectivity index is 2.16. The van der Waals surface area contributed by atoms with Gasteiger partial charge in [-0.25, -0.2) is 0 Å². The van der Waals surface area contributed by atoms with E-state index >= 15 is 0 Å². The maximum absolute atomic E-state index is 12.7. The van der Waals surface area contributed by atoms with Gasteiger partial charge in [0.1, 0.15) is 0 Å². The molecular weight excluding hydrogens is 368 g/mol. The number of rotatable bonds is 10. The standard InChI is InChI=1S/C23H32N2O4/c1-7-13-25(8-2)19-11-9-17(10-12-19)23(26)24-16(3)18-14-20(27-4)22(29-6)21(15-18)28-5/h9-12,14-16H,7-8,13H2,1-6H3,(H,24,26). The Morgan fingerprint density at radius 3 is 2.03 bits per heavy atom. The van der Waals surface area contributed by atoms with Gasteiger partial charge in [-0.3, -0.25) is 4.79 Å². The van der Waals surface area contributed by atoms with Gasteiger partial charge < -0.3 is 24.4 Å². The third-order valence-corrected chi connectivity index (χ3v) is 4.90. The second-order valence-electron chi connectivity index (χ2n) is 6.78. The minimum Gasteiger partial charge on any atom is -0.493 e. The van der Waals surface area contributed by atoms with Crippen LogP contribution in [-0.2, 0) is 0 Å². The summed E-state index contributed by atoms with van der Waals surface area (Å²) in [7, 11) is 4.71. The molecule has 2 rings (SSSR count). The zero-order valence-electron chi connectivity index (χ0n) is 18.2. The summed E-state index contributed by atoms with van der Waals surface area (Å²) in [5.41, 5.74) is 2.62. The Hall–Kier alpha value is -2.89. The van der Waals surface area contributed by atoms with Crippen LogP contribution in [0.5, 0.6) is 17.2 Å². The van der Waals surface area contributed by atoms with Crippen LogP contribution in [0, 0.1) is 0 Å². The van der Waals surface area contributed by atoms with Crippen LogP contribution in [0.25, 0.3) is 0 Å². The number of anilines is 1. The number of carbonyl (C=O) groups excluding carboxylic acids is 1. The first-order valence-corrected chi connectivity index (χ1v) is 9.94. The lowest BCUT2D eigenvalue weighted by atomic mass is 10.1. The molecular formula is C23H32N2O4. The average Bonchev–Trinajstić information content (AvgIpc) is 2.76. The van der Waals surface area contributed by atoms with Crippen LogP contribution in [0.1, 0.15) is 49.2 Å². The fourth-order valence-electron chi connectivity index (χ4n) is 3.28. The first kappa shape index (κ1) is 22.4. The molecule has 2 aromatic rings. The van der Waals surface area contributed by atoms with E-state index in [0.717, 1.165) is 30.8 Å². The second-order valence-corrected chi connectivity index (χ2v) is 6.78. The van der Waals surface area contributed by atoms with Gasteiger partial charge in [-0.15, -0.1) is 0 Å². The molecule has 2 aromatic carbocycles. The maximum atomic E-state index is 12.7. The van der Waals surface area contributed by atoms with Crippen molar-refractivity contribution < 1.29 is 19.0 Å². The Bertz CT molecular complexity index is 780. The molecule has 0 radical (unpaired) electrons. The van der Waals surface area contributed by atoms with Crippen molar-refractivity contribution in [2.24, 2.45) is 0 Å². The maximum Gasteiger partial charge on any atom is 0.251 e. The van der Waals surface area contributed by atoms with Gasteiger partial charge in [0.2, 0.25) is 5.75 Å². The number of amides is 1. The van der Waals surface area contributed by atoms with Crippen molar-refractivity contribution in [2.45, 2.75) is 33.2 Å². The van der Waals surface area contributed by atoms with Crippen LogP contribution < -0.4 is 24.4 Å². The van der Waals surface area contributed by atoms with Crippen LogP contribution in [-0.4, -0.2) is 40.3 Å². The largest absolute Gasteiger partial charge is 0.493 e. The van der Waals surface area contributed by atoms with E-state index in [1.165, 1.54) is 0 Å². The molecule has 0 saturated heterocycles. The Labute approximate surface area is 173 Å². The summed E-state index contributed by atoms with van der Waals surface area (Å²) in [6.07, 6.45) is 1.09. The highest BCUT2D eigenvalue weighted by molar-refractivity contribution is 5.94. The quantitative estimate of drug-likeness (QED) is 0.639. The molecule has 1 atom stereocenters. The number of ether oxygens (including phenoxy) is 3. The molecule has 0 aliphatic rings. The highest BCUT2D eigenvalue weighted by Gasteiger charge is 2.18. The van der Waals surface area contributed by atoms with Gasteiger partial charge in [-0.05, 0) is 62.2 Å². The second kappa shape index (κ2) is 10.6. The smallest absolute Gasteiger partial charge is 0.251 e. The first-order valence-electron chi connectivity index (χ1n) is 9.94. The predicted octanol–water partition coefficient (Wildman–Crippen LogP) is 4.44. The van der Waals surface area contributed by atoms with Crippen LogP contribution in [0.3, 0.4) is 0 Å². The summed E-state index contributed by atoms with van der Waals surface area (Å²) in [4.78, 5) is 15.0. The number of nitrogens with one attached hydrogen (secondary N) is 1. The Morgan fingerprint density at radius 2 is 1.59 bits per heavy atom. The topological polar surface area (TPSA) is 60.0 Å². The zero-order valence-corrected chi connectivity index (χ0v) is 18.2. The van der Waals surface area contributed by atoms with Crippen molar-refractivity contribution in [3.05, 3.63) is 47.5 Å². The average molecular weight is 401 g/mol. The Kier molecular flexibility index (Phi) is 8.19. The van der Waals surface area contributed by atoms with Gasteiger partial charge in [-0.2, -0.15) is 0 Å². The molecule has 0 aliphatic heterocycles. The summed E-state index contributed by atoms with van der Waals surface area (Å²) in [5, 5.41) is 3.04. The van der Waals surface area contributed by atoms with Crippen molar-refractivity contribution in [1.29, 1.82) is 0 Å². The summed E-state index contributed by atoms with van der Waals surface area (Å²) >= 11 is 0. The lowest BCUT2D eigenvalue weighted by Crippen LogP contribution is -2.27. The molecule has 0 aromatic heterocycles. The molecule has 1 N–H and O–H groups in total. The van der Waals surface area contributed by atoms with Gasteiger partial charge in [0.25, 0.3) is 5.91 Å². The lowest BCUT2D eigenvalue weighted by molar-refractivity contribution is 0.0939. The molecule has 1 amide bonds. The van der Waals surface area contributed by atoms with E-state index in [-0.39, 0.29) is 11.9 Å². The van der Waals surface area contributed by atoms with E-state index in [2.05, 4.69) is 24.1 Å². The predicted molar refractivity (Wildman–Crippen MR) is 117 cm³/mol. The molecule has 0 aliphatic carbocycles.